The lowest BCUT2D eigenvalue weighted by Crippen LogP contribution is -2.21. The van der Waals surface area contributed by atoms with Crippen LogP contribution in [0, 0.1) is 0 Å². The number of thiophene rings is 1. The molecule has 0 atom stereocenters. The Balaban J connectivity index is 0.000000351. The van der Waals surface area contributed by atoms with E-state index in [0.29, 0.717) is 0 Å². The summed E-state index contributed by atoms with van der Waals surface area (Å²) in [6, 6.07) is 0. The summed E-state index contributed by atoms with van der Waals surface area (Å²) in [5.41, 5.74) is -6.63. The lowest BCUT2D eigenvalue weighted by molar-refractivity contribution is 0.0615. The summed E-state index contributed by atoms with van der Waals surface area (Å²) in [5, 5.41) is 69.4. The molecule has 8 N–H and O–H groups in total. The Morgan fingerprint density at radius 1 is 0.400 bits per heavy atom. The van der Waals surface area contributed by atoms with Gasteiger partial charge in [-0.2, -0.15) is 0 Å². The van der Waals surface area contributed by atoms with Crippen molar-refractivity contribution in [1.82, 2.24) is 9.97 Å². The van der Waals surface area contributed by atoms with E-state index in [-0.39, 0.29) is 11.3 Å². The van der Waals surface area contributed by atoms with Gasteiger partial charge in [0.1, 0.15) is 20.9 Å². The fourth-order valence-electron chi connectivity index (χ4n) is 2.17. The van der Waals surface area contributed by atoms with E-state index in [2.05, 4.69) is 9.97 Å². The Morgan fingerprint density at radius 3 is 0.771 bits per heavy atom. The second kappa shape index (κ2) is 10.4. The van der Waals surface area contributed by atoms with Gasteiger partial charge in [0, 0.05) is 0 Å². The van der Waals surface area contributed by atoms with Gasteiger partial charge in [-0.3, -0.25) is 0 Å². The van der Waals surface area contributed by atoms with Gasteiger partial charge in [-0.1, -0.05) is 0 Å². The van der Waals surface area contributed by atoms with E-state index in [1.165, 1.54) is 0 Å². The second-order valence-corrected chi connectivity index (χ2v) is 6.59. The predicted octanol–water partition coefficient (Wildman–Crippen LogP) is -0.190. The van der Waals surface area contributed by atoms with Crippen molar-refractivity contribution < 1.29 is 79.2 Å². The normalized spacial score (nSPS) is 9.83. The molecule has 18 nitrogen and oxygen atoms in total. The highest BCUT2D eigenvalue weighted by molar-refractivity contribution is 7.16. The highest BCUT2D eigenvalue weighted by Gasteiger charge is 2.33. The highest BCUT2D eigenvalue weighted by atomic mass is 32.1. The molecule has 0 unspecified atom stereocenters. The first-order valence-electron chi connectivity index (χ1n) is 7.97. The molecule has 2 aromatic rings. The third kappa shape index (κ3) is 5.87. The van der Waals surface area contributed by atoms with E-state index in [4.69, 9.17) is 40.9 Å². The van der Waals surface area contributed by atoms with E-state index < -0.39 is 91.4 Å². The Morgan fingerprint density at radius 2 is 0.629 bits per heavy atom. The minimum absolute atomic E-state index is 0.0982. The number of carbonyl (C=O) groups is 8. The second-order valence-electron chi connectivity index (χ2n) is 5.57. The molecule has 0 radical (unpaired) electrons. The number of aromatic nitrogens is 2. The van der Waals surface area contributed by atoms with Crippen LogP contribution < -0.4 is 0 Å². The van der Waals surface area contributed by atoms with Gasteiger partial charge < -0.3 is 40.9 Å². The molecule has 0 saturated heterocycles. The van der Waals surface area contributed by atoms with E-state index >= 15 is 0 Å². The first kappa shape index (κ1) is 27.6. The Hall–Kier alpha value is -5.46. The summed E-state index contributed by atoms with van der Waals surface area (Å²) >= 11 is 0.0982. The average molecular weight is 516 g/mol. The first-order valence-corrected chi connectivity index (χ1v) is 8.79. The SMILES string of the molecule is O=C(O)c1nc(C(=O)O)c(C(=O)O)nc1C(=O)O.O=C(O)c1sc(C(=O)O)c(C(=O)O)c1C(=O)O. The summed E-state index contributed by atoms with van der Waals surface area (Å²) < 4.78 is 0. The number of carboxylic acids is 8. The van der Waals surface area contributed by atoms with Crippen LogP contribution in [0.3, 0.4) is 0 Å². The molecule has 2 heterocycles. The largest absolute Gasteiger partial charge is 0.478 e. The Bertz CT molecular complexity index is 1180. The number of aromatic carboxylic acids is 8. The monoisotopic (exact) mass is 516 g/mol. The zero-order valence-electron chi connectivity index (χ0n) is 16.1. The van der Waals surface area contributed by atoms with E-state index in [9.17, 15) is 38.4 Å². The van der Waals surface area contributed by atoms with E-state index in [1.54, 1.807) is 0 Å². The van der Waals surface area contributed by atoms with Crippen LogP contribution in [0.1, 0.15) is 82.0 Å². The minimum Gasteiger partial charge on any atom is -0.478 e. The fourth-order valence-corrected chi connectivity index (χ4v) is 3.13. The van der Waals surface area contributed by atoms with E-state index in [1.807, 2.05) is 0 Å². The van der Waals surface area contributed by atoms with Crippen LogP contribution in [0.4, 0.5) is 0 Å². The molecule has 0 spiro atoms. The van der Waals surface area contributed by atoms with Gasteiger partial charge in [0.05, 0.1) is 0 Å². The Labute approximate surface area is 192 Å². The number of hydrogen-bond acceptors (Lipinski definition) is 11. The van der Waals surface area contributed by atoms with Crippen LogP contribution in [0.15, 0.2) is 0 Å². The summed E-state index contributed by atoms with van der Waals surface area (Å²) in [6.45, 7) is 0. The smallest absolute Gasteiger partial charge is 0.357 e. The van der Waals surface area contributed by atoms with Gasteiger partial charge in [-0.25, -0.2) is 48.3 Å². The van der Waals surface area contributed by atoms with Crippen molar-refractivity contribution in [3.8, 4) is 0 Å². The van der Waals surface area contributed by atoms with Crippen molar-refractivity contribution in [1.29, 1.82) is 0 Å². The van der Waals surface area contributed by atoms with Crippen molar-refractivity contribution in [2.75, 3.05) is 0 Å². The highest BCUT2D eigenvalue weighted by Crippen LogP contribution is 2.29. The molecule has 2 aromatic heterocycles. The molecule has 2 rings (SSSR count). The first-order chi connectivity index (χ1) is 16.0. The summed E-state index contributed by atoms with van der Waals surface area (Å²) in [6.07, 6.45) is 0. The van der Waals surface area contributed by atoms with Crippen LogP contribution in [0.5, 0.6) is 0 Å². The van der Waals surface area contributed by atoms with Gasteiger partial charge in [0.25, 0.3) is 0 Å². The zero-order valence-corrected chi connectivity index (χ0v) is 17.0. The molecule has 0 aliphatic rings. The molecule has 0 amide bonds. The molecule has 0 saturated carbocycles. The average Bonchev–Trinajstić information content (AvgIpc) is 3.15. The predicted molar refractivity (Wildman–Crippen MR) is 102 cm³/mol. The summed E-state index contributed by atoms with van der Waals surface area (Å²) in [4.78, 5) is 90.0. The van der Waals surface area contributed by atoms with Crippen LogP contribution in [-0.2, 0) is 0 Å². The third-order valence-electron chi connectivity index (χ3n) is 3.43. The molecule has 0 aliphatic carbocycles. The molecule has 0 aromatic carbocycles. The molecule has 19 heteroatoms. The van der Waals surface area contributed by atoms with Gasteiger partial charge in [-0.05, 0) is 0 Å². The zero-order chi connectivity index (χ0) is 27.4. The van der Waals surface area contributed by atoms with E-state index in [0.717, 1.165) is 0 Å². The van der Waals surface area contributed by atoms with Crippen molar-refractivity contribution in [3.63, 3.8) is 0 Å². The van der Waals surface area contributed by atoms with Gasteiger partial charge in [-0.15, -0.1) is 11.3 Å². The quantitative estimate of drug-likeness (QED) is 0.225. The number of nitrogens with zero attached hydrogens (tertiary/aromatic N) is 2. The molecule has 0 fully saturated rings. The maximum absolute atomic E-state index is 10.8. The molecular weight excluding hydrogens is 508 g/mol. The minimum atomic E-state index is -1.83. The van der Waals surface area contributed by atoms with Crippen LogP contribution in [-0.4, -0.2) is 98.6 Å². The fraction of sp³-hybridized carbons (Fsp3) is 0. The van der Waals surface area contributed by atoms with Crippen molar-refractivity contribution in [3.05, 3.63) is 43.7 Å². The molecule has 0 aliphatic heterocycles. The van der Waals surface area contributed by atoms with Crippen LogP contribution >= 0.6 is 11.3 Å². The summed E-state index contributed by atoms with van der Waals surface area (Å²) in [5.74, 6) is -14.3. The topological polar surface area (TPSA) is 324 Å². The number of rotatable bonds is 8. The van der Waals surface area contributed by atoms with Crippen LogP contribution in [0.2, 0.25) is 0 Å². The number of carboxylic acid groups (broad SMARTS) is 8. The van der Waals surface area contributed by atoms with Gasteiger partial charge >= 0.3 is 47.8 Å². The van der Waals surface area contributed by atoms with Crippen LogP contribution in [0.25, 0.3) is 0 Å². The maximum atomic E-state index is 10.8. The molecule has 184 valence electrons. The van der Waals surface area contributed by atoms with Gasteiger partial charge in [0.2, 0.25) is 0 Å². The molecular formula is C16H8N2O16S. The van der Waals surface area contributed by atoms with Gasteiger partial charge in [0.15, 0.2) is 22.8 Å². The number of hydrogen-bond donors (Lipinski definition) is 8. The Kier molecular flexibility index (Phi) is 8.22. The lowest BCUT2D eigenvalue weighted by Gasteiger charge is -2.04. The van der Waals surface area contributed by atoms with Crippen molar-refractivity contribution in [2.45, 2.75) is 0 Å². The third-order valence-corrected chi connectivity index (χ3v) is 4.60. The standard InChI is InChI=1S/C8H4N2O8.C8H4O8S/c11-5(12)1-2(6(13)14)10-4(8(17)18)3(9-1)7(15)16;9-5(10)1-2(6(11)12)4(8(15)16)17-3(1)7(13)14/h(H,11,12)(H,13,14)(H,15,16)(H,17,18);(H,9,10)(H,11,12)(H,13,14)(H,15,16). The van der Waals surface area contributed by atoms with Crippen molar-refractivity contribution >= 4 is 59.1 Å². The lowest BCUT2D eigenvalue weighted by atomic mass is 10.1. The molecule has 35 heavy (non-hydrogen) atoms. The maximum Gasteiger partial charge on any atom is 0.357 e. The molecule has 0 bridgehead atoms. The van der Waals surface area contributed by atoms with Crippen molar-refractivity contribution in [2.24, 2.45) is 0 Å². The summed E-state index contributed by atoms with van der Waals surface area (Å²) in [7, 11) is 0.